The number of allylic oxidation sites excluding steroid dienone is 1. The van der Waals surface area contributed by atoms with Gasteiger partial charge in [0, 0.05) is 16.0 Å². The van der Waals surface area contributed by atoms with Gasteiger partial charge in [-0.15, -0.1) is 0 Å². The summed E-state index contributed by atoms with van der Waals surface area (Å²) >= 11 is 6.07. The highest BCUT2D eigenvalue weighted by Crippen LogP contribution is 2.29. The molecule has 4 nitrogen and oxygen atoms in total. The lowest BCUT2D eigenvalue weighted by Gasteiger charge is -2.11. The number of carbonyl (C=O) groups excluding carboxylic acids is 1. The van der Waals surface area contributed by atoms with Crippen molar-refractivity contribution in [2.24, 2.45) is 0 Å². The van der Waals surface area contributed by atoms with E-state index < -0.39 is 11.8 Å². The van der Waals surface area contributed by atoms with E-state index in [1.54, 1.807) is 12.1 Å². The number of carboxylic acid groups (broad SMARTS) is 1. The predicted octanol–water partition coefficient (Wildman–Crippen LogP) is 6.79. The summed E-state index contributed by atoms with van der Waals surface area (Å²) < 4.78 is 0. The molecule has 4 aromatic rings. The normalized spacial score (nSPS) is 11.0. The van der Waals surface area contributed by atoms with Crippen LogP contribution < -0.4 is 0 Å². The van der Waals surface area contributed by atoms with Crippen LogP contribution in [0, 0.1) is 0 Å². The van der Waals surface area contributed by atoms with E-state index >= 15 is 0 Å². The molecule has 156 valence electrons. The fourth-order valence-corrected chi connectivity index (χ4v) is 3.70. The van der Waals surface area contributed by atoms with Crippen molar-refractivity contribution in [1.82, 2.24) is 4.98 Å². The van der Waals surface area contributed by atoms with Crippen molar-refractivity contribution in [2.45, 2.75) is 0 Å². The Morgan fingerprint density at radius 1 is 0.938 bits per heavy atom. The quantitative estimate of drug-likeness (QED) is 0.265. The molecule has 0 saturated heterocycles. The monoisotopic (exact) mass is 439 g/mol. The van der Waals surface area contributed by atoms with Crippen molar-refractivity contribution < 1.29 is 14.7 Å². The number of aromatic carboxylic acids is 1. The van der Waals surface area contributed by atoms with E-state index in [1.165, 1.54) is 6.07 Å². The maximum Gasteiger partial charge on any atom is 0.336 e. The van der Waals surface area contributed by atoms with Crippen molar-refractivity contribution in [1.29, 1.82) is 0 Å². The second-order valence-electron chi connectivity index (χ2n) is 7.13. The summed E-state index contributed by atoms with van der Waals surface area (Å²) in [7, 11) is 0. The van der Waals surface area contributed by atoms with Gasteiger partial charge in [-0.2, -0.15) is 0 Å². The summed E-state index contributed by atoms with van der Waals surface area (Å²) in [5, 5.41) is 11.2. The topological polar surface area (TPSA) is 67.3 Å². The summed E-state index contributed by atoms with van der Waals surface area (Å²) in [4.78, 5) is 28.7. The van der Waals surface area contributed by atoms with Crippen molar-refractivity contribution in [3.8, 4) is 11.1 Å². The third kappa shape index (κ3) is 4.36. The van der Waals surface area contributed by atoms with E-state index in [9.17, 15) is 14.7 Å². The number of rotatable bonds is 6. The number of hydrogen-bond donors (Lipinski definition) is 1. The number of carbonyl (C=O) groups is 2. The molecule has 0 aliphatic carbocycles. The first-order valence-electron chi connectivity index (χ1n) is 9.84. The van der Waals surface area contributed by atoms with Crippen LogP contribution in [-0.4, -0.2) is 21.8 Å². The predicted molar refractivity (Wildman–Crippen MR) is 129 cm³/mol. The summed E-state index contributed by atoms with van der Waals surface area (Å²) in [6.07, 6.45) is 4.94. The minimum absolute atomic E-state index is 0.0487. The first-order valence-corrected chi connectivity index (χ1v) is 10.2. The van der Waals surface area contributed by atoms with Gasteiger partial charge < -0.3 is 5.11 Å². The van der Waals surface area contributed by atoms with E-state index in [4.69, 9.17) is 11.6 Å². The molecular formula is C27H18ClNO3. The molecule has 0 radical (unpaired) electrons. The number of hydrogen-bond acceptors (Lipinski definition) is 3. The van der Waals surface area contributed by atoms with Crippen molar-refractivity contribution in [2.75, 3.05) is 0 Å². The molecule has 0 spiro atoms. The zero-order valence-corrected chi connectivity index (χ0v) is 17.7. The van der Waals surface area contributed by atoms with Crippen LogP contribution in [0.5, 0.6) is 0 Å². The molecule has 0 aliphatic heterocycles. The van der Waals surface area contributed by atoms with Crippen LogP contribution in [0.4, 0.5) is 0 Å². The maximum absolute atomic E-state index is 12.4. The number of pyridine rings is 1. The average Bonchev–Trinajstić information content (AvgIpc) is 2.81. The first kappa shape index (κ1) is 21.2. The Morgan fingerprint density at radius 2 is 1.72 bits per heavy atom. The van der Waals surface area contributed by atoms with Gasteiger partial charge in [-0.3, -0.25) is 4.79 Å². The zero-order chi connectivity index (χ0) is 22.7. The lowest BCUT2D eigenvalue weighted by molar-refractivity contribution is 0.0693. The molecule has 0 unspecified atom stereocenters. The van der Waals surface area contributed by atoms with Crippen LogP contribution in [-0.2, 0) is 0 Å². The van der Waals surface area contributed by atoms with Crippen LogP contribution in [0.15, 0.2) is 85.5 Å². The van der Waals surface area contributed by atoms with Gasteiger partial charge in [0.1, 0.15) is 0 Å². The Bertz CT molecular complexity index is 1410. The Hall–Kier alpha value is -4.02. The second kappa shape index (κ2) is 9.00. The average molecular weight is 440 g/mol. The number of aromatic nitrogens is 1. The Balaban J connectivity index is 1.72. The van der Waals surface area contributed by atoms with E-state index in [-0.39, 0.29) is 11.1 Å². The van der Waals surface area contributed by atoms with Gasteiger partial charge >= 0.3 is 5.97 Å². The molecule has 0 amide bonds. The van der Waals surface area contributed by atoms with Crippen LogP contribution in [0.25, 0.3) is 34.2 Å². The first-order chi connectivity index (χ1) is 15.5. The van der Waals surface area contributed by atoms with E-state index in [1.807, 2.05) is 66.7 Å². The lowest BCUT2D eigenvalue weighted by atomic mass is 9.92. The number of halogens is 1. The summed E-state index contributed by atoms with van der Waals surface area (Å²) in [5.74, 6) is -1.59. The van der Waals surface area contributed by atoms with Crippen molar-refractivity contribution >= 4 is 46.4 Å². The highest BCUT2D eigenvalue weighted by Gasteiger charge is 2.19. The molecule has 4 rings (SSSR count). The van der Waals surface area contributed by atoms with E-state index in [2.05, 4.69) is 11.6 Å². The Labute approximate surface area is 190 Å². The van der Waals surface area contributed by atoms with Gasteiger partial charge in [-0.05, 0) is 59.2 Å². The Kier molecular flexibility index (Phi) is 5.97. The molecule has 32 heavy (non-hydrogen) atoms. The molecule has 1 aromatic heterocycles. The van der Waals surface area contributed by atoms with Gasteiger partial charge in [-0.25, -0.2) is 9.78 Å². The number of ketones is 1. The molecule has 0 atom stereocenters. The molecular weight excluding hydrogens is 422 g/mol. The summed E-state index contributed by atoms with van der Waals surface area (Å²) in [6.45, 7) is 3.51. The molecule has 1 heterocycles. The Morgan fingerprint density at radius 3 is 2.50 bits per heavy atom. The SMILES string of the molecule is C=CC(=O)c1c(C(=O)O)cccc1-c1cccc(/C=C/c2ccc3ccc(Cl)cc3n2)c1. The van der Waals surface area contributed by atoms with Gasteiger partial charge in [0.2, 0.25) is 0 Å². The second-order valence-corrected chi connectivity index (χ2v) is 7.57. The smallest absolute Gasteiger partial charge is 0.336 e. The fourth-order valence-electron chi connectivity index (χ4n) is 3.53. The molecule has 3 aromatic carbocycles. The minimum atomic E-state index is -1.16. The zero-order valence-electron chi connectivity index (χ0n) is 17.0. The van der Waals surface area contributed by atoms with Gasteiger partial charge in [0.15, 0.2) is 5.78 Å². The third-order valence-corrected chi connectivity index (χ3v) is 5.28. The standard InChI is InChI=1S/C27H18ClNO3/c1-2-25(30)26-22(7-4-8-23(26)27(31)32)19-6-3-5-17(15-19)9-13-21-14-11-18-10-12-20(28)16-24(18)29-21/h2-16H,1H2,(H,31,32)/b13-9+. The highest BCUT2D eigenvalue weighted by atomic mass is 35.5. The lowest BCUT2D eigenvalue weighted by Crippen LogP contribution is -2.08. The molecule has 0 saturated carbocycles. The van der Waals surface area contributed by atoms with Crippen LogP contribution in [0.1, 0.15) is 32.0 Å². The maximum atomic E-state index is 12.4. The van der Waals surface area contributed by atoms with Crippen LogP contribution in [0.3, 0.4) is 0 Å². The molecule has 1 N–H and O–H groups in total. The van der Waals surface area contributed by atoms with Gasteiger partial charge in [-0.1, -0.05) is 66.7 Å². The van der Waals surface area contributed by atoms with Gasteiger partial charge in [0.05, 0.1) is 16.8 Å². The molecule has 0 bridgehead atoms. The van der Waals surface area contributed by atoms with Crippen molar-refractivity contribution in [3.63, 3.8) is 0 Å². The number of carboxylic acids is 1. The van der Waals surface area contributed by atoms with E-state index in [0.29, 0.717) is 10.6 Å². The van der Waals surface area contributed by atoms with Crippen LogP contribution in [0.2, 0.25) is 5.02 Å². The molecule has 0 aliphatic rings. The van der Waals surface area contributed by atoms with Crippen LogP contribution >= 0.6 is 11.6 Å². The number of nitrogens with zero attached hydrogens (tertiary/aromatic N) is 1. The van der Waals surface area contributed by atoms with E-state index in [0.717, 1.165) is 33.8 Å². The minimum Gasteiger partial charge on any atom is -0.478 e. The highest BCUT2D eigenvalue weighted by molar-refractivity contribution is 6.31. The number of benzene rings is 3. The third-order valence-electron chi connectivity index (χ3n) is 5.05. The fraction of sp³-hybridized carbons (Fsp3) is 0. The molecule has 0 fully saturated rings. The summed E-state index contributed by atoms with van der Waals surface area (Å²) in [5.41, 5.74) is 3.83. The molecule has 5 heteroatoms. The largest absolute Gasteiger partial charge is 0.478 e. The van der Waals surface area contributed by atoms with Gasteiger partial charge in [0.25, 0.3) is 0 Å². The van der Waals surface area contributed by atoms with Crippen molar-refractivity contribution in [3.05, 3.63) is 113 Å². The number of fused-ring (bicyclic) bond motifs is 1. The summed E-state index contributed by atoms with van der Waals surface area (Å²) in [6, 6.07) is 21.8.